The summed E-state index contributed by atoms with van der Waals surface area (Å²) in [6, 6.07) is 0. The van der Waals surface area contributed by atoms with Crippen molar-refractivity contribution in [3.63, 3.8) is 0 Å². The summed E-state index contributed by atoms with van der Waals surface area (Å²) in [7, 11) is 0. The van der Waals surface area contributed by atoms with E-state index in [0.29, 0.717) is 13.0 Å². The third kappa shape index (κ3) is 1.42. The van der Waals surface area contributed by atoms with Crippen molar-refractivity contribution in [1.82, 2.24) is 9.07 Å². The second-order valence-electron chi connectivity index (χ2n) is 1.84. The average molecular weight is 180 g/mol. The highest BCUT2D eigenvalue weighted by molar-refractivity contribution is 6.32. The Kier molecular flexibility index (Phi) is 2.54. The molecule has 0 saturated heterocycles. The van der Waals surface area contributed by atoms with Crippen molar-refractivity contribution in [2.45, 2.75) is 6.42 Å². The number of rotatable bonds is 2. The number of halogens is 2. The molecule has 1 heterocycles. The molecule has 0 atom stereocenters. The molecule has 3 nitrogen and oxygen atoms in total. The van der Waals surface area contributed by atoms with E-state index >= 15 is 0 Å². The summed E-state index contributed by atoms with van der Waals surface area (Å²) >= 11 is 11.2. The van der Waals surface area contributed by atoms with Crippen LogP contribution < -0.4 is 5.73 Å². The van der Waals surface area contributed by atoms with Crippen LogP contribution in [-0.4, -0.2) is 15.6 Å². The first-order chi connectivity index (χ1) is 4.75. The van der Waals surface area contributed by atoms with Gasteiger partial charge in [-0.05, 0) is 18.1 Å². The summed E-state index contributed by atoms with van der Waals surface area (Å²) in [4.78, 5) is 3.78. The predicted molar refractivity (Wildman–Crippen MR) is 41.2 cm³/mol. The van der Waals surface area contributed by atoms with Crippen LogP contribution in [0.3, 0.4) is 0 Å². The Labute approximate surface area is 68.9 Å². The summed E-state index contributed by atoms with van der Waals surface area (Å²) in [5, 5.41) is 0.283. The van der Waals surface area contributed by atoms with Gasteiger partial charge in [-0.3, -0.25) is 0 Å². The van der Waals surface area contributed by atoms with Crippen LogP contribution in [0, 0.1) is 0 Å². The largest absolute Gasteiger partial charge is 0.330 e. The average Bonchev–Trinajstić information content (AvgIpc) is 2.20. The Bertz CT molecular complexity index is 221. The number of nitrogens with two attached hydrogens (primary N) is 1. The molecule has 56 valence electrons. The van der Waals surface area contributed by atoms with E-state index in [2.05, 4.69) is 4.98 Å². The number of aromatic nitrogens is 2. The van der Waals surface area contributed by atoms with Crippen LogP contribution in [0.2, 0.25) is 5.28 Å². The van der Waals surface area contributed by atoms with Gasteiger partial charge in [0.2, 0.25) is 5.28 Å². The van der Waals surface area contributed by atoms with Gasteiger partial charge in [-0.15, -0.1) is 0 Å². The zero-order chi connectivity index (χ0) is 7.56. The molecular formula is C5H7Cl2N3. The van der Waals surface area contributed by atoms with E-state index in [0.717, 1.165) is 5.69 Å². The predicted octanol–water partition coefficient (Wildman–Crippen LogP) is 1.04. The number of hydrogen-bond donors (Lipinski definition) is 1. The normalized spacial score (nSPS) is 10.3. The molecule has 0 radical (unpaired) electrons. The van der Waals surface area contributed by atoms with Crippen LogP contribution in [0.4, 0.5) is 0 Å². The smallest absolute Gasteiger partial charge is 0.217 e. The minimum absolute atomic E-state index is 0.283. The lowest BCUT2D eigenvalue weighted by Gasteiger charge is -1.95. The molecule has 0 amide bonds. The lowest BCUT2D eigenvalue weighted by molar-refractivity contribution is 0.914. The van der Waals surface area contributed by atoms with E-state index in [1.807, 2.05) is 0 Å². The van der Waals surface area contributed by atoms with Gasteiger partial charge in [0.1, 0.15) is 0 Å². The monoisotopic (exact) mass is 179 g/mol. The molecule has 0 spiro atoms. The summed E-state index contributed by atoms with van der Waals surface area (Å²) in [5.74, 6) is 0. The van der Waals surface area contributed by atoms with E-state index in [-0.39, 0.29) is 5.28 Å². The van der Waals surface area contributed by atoms with Gasteiger partial charge in [0.05, 0.1) is 11.9 Å². The molecule has 0 aliphatic rings. The van der Waals surface area contributed by atoms with Gasteiger partial charge in [-0.1, -0.05) is 0 Å². The topological polar surface area (TPSA) is 43.8 Å². The SMILES string of the molecule is NCCc1cnc(Cl)n1Cl. The lowest BCUT2D eigenvalue weighted by Crippen LogP contribution is -2.04. The molecule has 0 aliphatic heterocycles. The van der Waals surface area contributed by atoms with Crippen molar-refractivity contribution >= 4 is 23.4 Å². The maximum Gasteiger partial charge on any atom is 0.217 e. The zero-order valence-corrected chi connectivity index (χ0v) is 6.73. The van der Waals surface area contributed by atoms with Gasteiger partial charge in [-0.25, -0.2) is 9.07 Å². The third-order valence-corrected chi connectivity index (χ3v) is 1.87. The van der Waals surface area contributed by atoms with Crippen molar-refractivity contribution in [2.75, 3.05) is 6.54 Å². The molecule has 0 bridgehead atoms. The van der Waals surface area contributed by atoms with Gasteiger partial charge in [0.15, 0.2) is 0 Å². The van der Waals surface area contributed by atoms with Crippen LogP contribution in [0.5, 0.6) is 0 Å². The summed E-state index contributed by atoms with van der Waals surface area (Å²) in [5.41, 5.74) is 6.14. The van der Waals surface area contributed by atoms with Crippen LogP contribution in [-0.2, 0) is 6.42 Å². The summed E-state index contributed by atoms with van der Waals surface area (Å²) < 4.78 is 1.30. The Hall–Kier alpha value is -0.250. The quantitative estimate of drug-likeness (QED) is 0.738. The van der Waals surface area contributed by atoms with Crippen molar-refractivity contribution < 1.29 is 0 Å². The molecule has 0 aromatic carbocycles. The zero-order valence-electron chi connectivity index (χ0n) is 5.22. The Morgan fingerprint density at radius 3 is 2.80 bits per heavy atom. The molecule has 1 rings (SSSR count). The molecule has 0 saturated carbocycles. The molecular weight excluding hydrogens is 173 g/mol. The van der Waals surface area contributed by atoms with Gasteiger partial charge >= 0.3 is 0 Å². The van der Waals surface area contributed by atoms with Crippen LogP contribution in [0.25, 0.3) is 0 Å². The number of nitrogens with zero attached hydrogens (tertiary/aromatic N) is 2. The number of hydrogen-bond acceptors (Lipinski definition) is 2. The van der Waals surface area contributed by atoms with Gasteiger partial charge in [-0.2, -0.15) is 0 Å². The molecule has 1 aromatic rings. The first-order valence-electron chi connectivity index (χ1n) is 2.84. The Morgan fingerprint density at radius 2 is 2.40 bits per heavy atom. The first-order valence-corrected chi connectivity index (χ1v) is 3.55. The van der Waals surface area contributed by atoms with Crippen molar-refractivity contribution in [2.24, 2.45) is 5.73 Å². The molecule has 0 fully saturated rings. The second kappa shape index (κ2) is 3.23. The van der Waals surface area contributed by atoms with Gasteiger partial charge in [0.25, 0.3) is 0 Å². The van der Waals surface area contributed by atoms with Crippen molar-refractivity contribution in [1.29, 1.82) is 0 Å². The first kappa shape index (κ1) is 7.85. The van der Waals surface area contributed by atoms with Crippen LogP contribution in [0.15, 0.2) is 6.20 Å². The summed E-state index contributed by atoms with van der Waals surface area (Å²) in [6.07, 6.45) is 2.31. The standard InChI is InChI=1S/C5H7Cl2N3/c6-5-9-3-4(1-2-8)10(5)7/h3H,1-2,8H2. The van der Waals surface area contributed by atoms with Gasteiger partial charge < -0.3 is 5.73 Å². The molecule has 0 aliphatic carbocycles. The Morgan fingerprint density at radius 1 is 1.70 bits per heavy atom. The van der Waals surface area contributed by atoms with Gasteiger partial charge in [0, 0.05) is 18.2 Å². The van der Waals surface area contributed by atoms with Crippen molar-refractivity contribution in [3.8, 4) is 0 Å². The van der Waals surface area contributed by atoms with E-state index in [4.69, 9.17) is 29.1 Å². The minimum Gasteiger partial charge on any atom is -0.330 e. The molecule has 1 aromatic heterocycles. The van der Waals surface area contributed by atoms with Crippen LogP contribution in [0.1, 0.15) is 5.69 Å². The maximum absolute atomic E-state index is 5.65. The molecule has 0 unspecified atom stereocenters. The molecule has 5 heteroatoms. The van der Waals surface area contributed by atoms with E-state index in [1.165, 1.54) is 4.09 Å². The van der Waals surface area contributed by atoms with Crippen molar-refractivity contribution in [3.05, 3.63) is 17.2 Å². The Balaban J connectivity index is 2.83. The summed E-state index contributed by atoms with van der Waals surface area (Å²) in [6.45, 7) is 0.550. The van der Waals surface area contributed by atoms with E-state index < -0.39 is 0 Å². The highest BCUT2D eigenvalue weighted by Crippen LogP contribution is 2.12. The third-order valence-electron chi connectivity index (χ3n) is 1.13. The lowest BCUT2D eigenvalue weighted by atomic mass is 10.3. The molecule has 2 N–H and O–H groups in total. The fourth-order valence-corrected chi connectivity index (χ4v) is 0.987. The van der Waals surface area contributed by atoms with E-state index in [1.54, 1.807) is 6.20 Å². The van der Waals surface area contributed by atoms with E-state index in [9.17, 15) is 0 Å². The number of imidazole rings is 1. The highest BCUT2D eigenvalue weighted by atomic mass is 35.5. The fraction of sp³-hybridized carbons (Fsp3) is 0.400. The van der Waals surface area contributed by atoms with Crippen LogP contribution >= 0.6 is 23.4 Å². The minimum atomic E-state index is 0.283. The second-order valence-corrected chi connectivity index (χ2v) is 2.51. The maximum atomic E-state index is 5.65. The fourth-order valence-electron chi connectivity index (χ4n) is 0.658. The molecule has 10 heavy (non-hydrogen) atoms. The highest BCUT2D eigenvalue weighted by Gasteiger charge is 2.03.